The number of hydrogen-bond acceptors (Lipinski definition) is 5. The van der Waals surface area contributed by atoms with Crippen LogP contribution in [-0.2, 0) is 15.6 Å². The van der Waals surface area contributed by atoms with Gasteiger partial charge >= 0.3 is 0 Å². The number of hydrogen-bond donors (Lipinski definition) is 1. The summed E-state index contributed by atoms with van der Waals surface area (Å²) in [6.45, 7) is 2.01. The van der Waals surface area contributed by atoms with E-state index in [1.807, 2.05) is 67.6 Å². The van der Waals surface area contributed by atoms with Crippen LogP contribution in [-0.4, -0.2) is 8.42 Å². The first kappa shape index (κ1) is 20.7. The summed E-state index contributed by atoms with van der Waals surface area (Å²) in [7, 11) is -3.95. The summed E-state index contributed by atoms with van der Waals surface area (Å²) < 4.78 is 26.2. The fourth-order valence-corrected chi connectivity index (χ4v) is 5.14. The van der Waals surface area contributed by atoms with E-state index in [1.165, 1.54) is 23.9 Å². The number of nitrogens with zero attached hydrogens (tertiary/aromatic N) is 1. The number of nitriles is 1. The second-order valence-corrected chi connectivity index (χ2v) is 9.22. The van der Waals surface area contributed by atoms with Gasteiger partial charge in [-0.3, -0.25) is 0 Å². The first-order valence-electron chi connectivity index (χ1n) is 8.95. The lowest BCUT2D eigenvalue weighted by Crippen LogP contribution is -2.10. The maximum atomic E-state index is 13.1. The molecule has 0 radical (unpaired) electrons. The van der Waals surface area contributed by atoms with Gasteiger partial charge in [-0.05, 0) is 36.8 Å². The average Bonchev–Trinajstić information content (AvgIpc) is 2.75. The Morgan fingerprint density at radius 3 is 2.10 bits per heavy atom. The molecule has 3 aromatic rings. The molecule has 0 bridgehead atoms. The Labute approximate surface area is 175 Å². The van der Waals surface area contributed by atoms with E-state index in [2.05, 4.69) is 5.32 Å². The van der Waals surface area contributed by atoms with Crippen LogP contribution in [0.1, 0.15) is 11.1 Å². The molecule has 0 amide bonds. The Hall–Kier alpha value is -3.01. The molecule has 0 aliphatic carbocycles. The van der Waals surface area contributed by atoms with Crippen molar-refractivity contribution in [3.63, 3.8) is 0 Å². The van der Waals surface area contributed by atoms with Crippen LogP contribution in [0.4, 0.5) is 5.69 Å². The Morgan fingerprint density at radius 2 is 1.52 bits per heavy atom. The van der Waals surface area contributed by atoms with E-state index >= 15 is 0 Å². The molecule has 0 aliphatic heterocycles. The number of para-hydroxylation sites is 1. The zero-order valence-electron chi connectivity index (χ0n) is 15.9. The van der Waals surface area contributed by atoms with Crippen LogP contribution in [0.25, 0.3) is 0 Å². The number of thioether (sulfide) groups is 1. The number of rotatable bonds is 7. The summed E-state index contributed by atoms with van der Waals surface area (Å²) in [5.74, 6) is 0.533. The van der Waals surface area contributed by atoms with Crippen molar-refractivity contribution in [2.24, 2.45) is 0 Å². The molecule has 3 rings (SSSR count). The quantitative estimate of drug-likeness (QED) is 0.511. The molecule has 146 valence electrons. The van der Waals surface area contributed by atoms with Gasteiger partial charge in [0, 0.05) is 11.4 Å². The third-order valence-electron chi connectivity index (χ3n) is 4.17. The average molecular weight is 421 g/mol. The minimum absolute atomic E-state index is 0.0971. The highest BCUT2D eigenvalue weighted by Gasteiger charge is 2.25. The van der Waals surface area contributed by atoms with Crippen molar-refractivity contribution in [2.75, 3.05) is 5.32 Å². The number of allylic oxidation sites excluding steroid dienone is 1. The Bertz CT molecular complexity index is 1130. The van der Waals surface area contributed by atoms with Crippen LogP contribution in [0, 0.1) is 18.3 Å². The fraction of sp³-hybridized carbons (Fsp3) is 0.0870. The number of benzene rings is 3. The van der Waals surface area contributed by atoms with Crippen molar-refractivity contribution in [1.82, 2.24) is 0 Å². The molecular formula is C23H20N2O2S2. The van der Waals surface area contributed by atoms with Crippen LogP contribution in [0.3, 0.4) is 0 Å². The van der Waals surface area contributed by atoms with Gasteiger partial charge in [-0.2, -0.15) is 5.26 Å². The van der Waals surface area contributed by atoms with Gasteiger partial charge in [0.1, 0.15) is 11.1 Å². The maximum Gasteiger partial charge on any atom is 0.219 e. The number of aryl methyl sites for hydroxylation is 1. The number of sulfone groups is 1. The number of nitrogens with one attached hydrogen (secondary N) is 1. The highest BCUT2D eigenvalue weighted by atomic mass is 32.2. The molecule has 0 aliphatic rings. The molecule has 0 aromatic heterocycles. The van der Waals surface area contributed by atoms with E-state index in [-0.39, 0.29) is 9.80 Å². The standard InChI is InChI=1S/C23H20N2O2S2/c1-18-12-14-19(15-13-18)17-28-23(25-20-8-4-2-5-9-20)22(16-24)29(26,27)21-10-6-3-7-11-21/h2-15,25H,17H2,1H3. The van der Waals surface area contributed by atoms with Gasteiger partial charge < -0.3 is 5.32 Å². The molecule has 6 heteroatoms. The summed E-state index contributed by atoms with van der Waals surface area (Å²) in [6, 6.07) is 27.2. The molecular weight excluding hydrogens is 400 g/mol. The smallest absolute Gasteiger partial charge is 0.219 e. The molecule has 29 heavy (non-hydrogen) atoms. The minimum atomic E-state index is -3.95. The molecule has 0 fully saturated rings. The maximum absolute atomic E-state index is 13.1. The van der Waals surface area contributed by atoms with E-state index in [0.29, 0.717) is 10.8 Å². The van der Waals surface area contributed by atoms with Crippen molar-refractivity contribution in [3.8, 4) is 6.07 Å². The lowest BCUT2D eigenvalue weighted by atomic mass is 10.2. The van der Waals surface area contributed by atoms with Gasteiger partial charge in [-0.15, -0.1) is 11.8 Å². The van der Waals surface area contributed by atoms with E-state index in [1.54, 1.807) is 18.2 Å². The minimum Gasteiger partial charge on any atom is -0.349 e. The summed E-state index contributed by atoms with van der Waals surface area (Å²) in [4.78, 5) is -0.190. The topological polar surface area (TPSA) is 70.0 Å². The Balaban J connectivity index is 2.01. The van der Waals surface area contributed by atoms with Gasteiger partial charge in [0.2, 0.25) is 9.84 Å². The van der Waals surface area contributed by atoms with Crippen molar-refractivity contribution in [3.05, 3.63) is 106 Å². The molecule has 0 saturated heterocycles. The third-order valence-corrected chi connectivity index (χ3v) is 7.09. The van der Waals surface area contributed by atoms with Gasteiger partial charge in [-0.25, -0.2) is 8.42 Å². The molecule has 0 heterocycles. The zero-order chi connectivity index (χ0) is 20.7. The molecule has 0 unspecified atom stereocenters. The normalized spacial score (nSPS) is 12.0. The molecule has 4 nitrogen and oxygen atoms in total. The largest absolute Gasteiger partial charge is 0.349 e. The summed E-state index contributed by atoms with van der Waals surface area (Å²) in [5, 5.41) is 13.2. The summed E-state index contributed by atoms with van der Waals surface area (Å²) >= 11 is 1.30. The highest BCUT2D eigenvalue weighted by Crippen LogP contribution is 2.31. The summed E-state index contributed by atoms with van der Waals surface area (Å²) in [6.07, 6.45) is 0. The van der Waals surface area contributed by atoms with Crippen molar-refractivity contribution < 1.29 is 8.42 Å². The molecule has 0 saturated carbocycles. The molecule has 0 spiro atoms. The Kier molecular flexibility index (Phi) is 6.76. The SMILES string of the molecule is Cc1ccc(CSC(Nc2ccccc2)=C(C#N)S(=O)(=O)c2ccccc2)cc1. The van der Waals surface area contributed by atoms with Crippen molar-refractivity contribution >= 4 is 27.3 Å². The monoisotopic (exact) mass is 420 g/mol. The van der Waals surface area contributed by atoms with Gasteiger partial charge in [-0.1, -0.05) is 66.2 Å². The van der Waals surface area contributed by atoms with Crippen molar-refractivity contribution in [2.45, 2.75) is 17.6 Å². The lowest BCUT2D eigenvalue weighted by Gasteiger charge is -2.14. The van der Waals surface area contributed by atoms with E-state index in [4.69, 9.17) is 0 Å². The van der Waals surface area contributed by atoms with E-state index in [9.17, 15) is 13.7 Å². The van der Waals surface area contributed by atoms with E-state index < -0.39 is 9.84 Å². The van der Waals surface area contributed by atoms with Crippen LogP contribution >= 0.6 is 11.8 Å². The van der Waals surface area contributed by atoms with Crippen molar-refractivity contribution in [1.29, 1.82) is 5.26 Å². The van der Waals surface area contributed by atoms with Crippen LogP contribution in [0.15, 0.2) is 99.8 Å². The van der Waals surface area contributed by atoms with Crippen LogP contribution in [0.2, 0.25) is 0 Å². The van der Waals surface area contributed by atoms with Crippen LogP contribution < -0.4 is 5.32 Å². The zero-order valence-corrected chi connectivity index (χ0v) is 17.5. The Morgan fingerprint density at radius 1 is 0.931 bits per heavy atom. The molecule has 1 N–H and O–H groups in total. The molecule has 3 aromatic carbocycles. The summed E-state index contributed by atoms with van der Waals surface area (Å²) in [5.41, 5.74) is 2.92. The second kappa shape index (κ2) is 9.46. The second-order valence-electron chi connectivity index (χ2n) is 6.35. The number of anilines is 1. The molecule has 0 atom stereocenters. The van der Waals surface area contributed by atoms with Gasteiger partial charge in [0.15, 0.2) is 4.91 Å². The first-order chi connectivity index (χ1) is 14.0. The fourth-order valence-electron chi connectivity index (χ4n) is 2.60. The first-order valence-corrected chi connectivity index (χ1v) is 11.4. The van der Waals surface area contributed by atoms with E-state index in [0.717, 1.165) is 16.8 Å². The van der Waals surface area contributed by atoms with Crippen LogP contribution in [0.5, 0.6) is 0 Å². The third kappa shape index (κ3) is 5.29. The van der Waals surface area contributed by atoms with Gasteiger partial charge in [0.05, 0.1) is 4.90 Å². The van der Waals surface area contributed by atoms with Gasteiger partial charge in [0.25, 0.3) is 0 Å². The lowest BCUT2D eigenvalue weighted by molar-refractivity contribution is 0.603. The predicted octanol–water partition coefficient (Wildman–Crippen LogP) is 5.51. The highest BCUT2D eigenvalue weighted by molar-refractivity contribution is 8.04. The predicted molar refractivity (Wildman–Crippen MR) is 119 cm³/mol.